The van der Waals surface area contributed by atoms with Crippen LogP contribution in [-0.2, 0) is 17.1 Å². The van der Waals surface area contributed by atoms with Crippen LogP contribution in [0, 0.1) is 0 Å². The summed E-state index contributed by atoms with van der Waals surface area (Å²) >= 11 is 0. The van der Waals surface area contributed by atoms with E-state index in [4.69, 9.17) is 4.74 Å². The molecule has 0 bridgehead atoms. The van der Waals surface area contributed by atoms with Gasteiger partial charge in [-0.1, -0.05) is 18.2 Å². The Kier molecular flexibility index (Phi) is 3.19. The number of fused-ring (bicyclic) bond motifs is 1. The van der Waals surface area contributed by atoms with Crippen LogP contribution in [0.2, 0.25) is 0 Å². The molecule has 1 N–H and O–H groups in total. The summed E-state index contributed by atoms with van der Waals surface area (Å²) in [4.78, 5) is 0. The molecule has 0 aromatic heterocycles. The number of ether oxygens (including phenoxy) is 1. The summed E-state index contributed by atoms with van der Waals surface area (Å²) in [5, 5.41) is 9.76. The second-order valence-corrected chi connectivity index (χ2v) is 5.22. The maximum Gasteiger partial charge on any atom is 0.301 e. The maximum atomic E-state index is 14.5. The highest BCUT2D eigenvalue weighted by Gasteiger charge is 2.50. The first-order valence-electron chi connectivity index (χ1n) is 6.04. The van der Waals surface area contributed by atoms with E-state index in [0.717, 1.165) is 0 Å². The molecule has 0 heterocycles. The largest absolute Gasteiger partial charge is 0.388 e. The van der Waals surface area contributed by atoms with Gasteiger partial charge < -0.3 is 9.84 Å². The van der Waals surface area contributed by atoms with E-state index in [9.17, 15) is 13.9 Å². The zero-order chi connectivity index (χ0) is 13.6. The zero-order valence-electron chi connectivity index (χ0n) is 10.8. The van der Waals surface area contributed by atoms with Gasteiger partial charge in [0.25, 0.3) is 0 Å². The van der Waals surface area contributed by atoms with Gasteiger partial charge in [-0.05, 0) is 37.8 Å². The molecule has 0 radical (unpaired) electrons. The van der Waals surface area contributed by atoms with Crippen molar-refractivity contribution < 1.29 is 18.6 Å². The molecule has 0 spiro atoms. The molecule has 0 aliphatic heterocycles. The summed E-state index contributed by atoms with van der Waals surface area (Å²) in [5.74, 6) is -3.09. The van der Waals surface area contributed by atoms with Crippen molar-refractivity contribution in [1.29, 1.82) is 0 Å². The lowest BCUT2D eigenvalue weighted by atomic mass is 9.88. The second-order valence-electron chi connectivity index (χ2n) is 5.22. The number of aliphatic hydroxyl groups is 1. The van der Waals surface area contributed by atoms with Crippen molar-refractivity contribution in [2.45, 2.75) is 44.3 Å². The molecule has 0 saturated carbocycles. The molecule has 0 unspecified atom stereocenters. The number of hydrogen-bond acceptors (Lipinski definition) is 2. The third kappa shape index (κ3) is 1.84. The first-order chi connectivity index (χ1) is 8.31. The Morgan fingerprint density at radius 1 is 1.33 bits per heavy atom. The van der Waals surface area contributed by atoms with Gasteiger partial charge in [0.1, 0.15) is 5.60 Å². The van der Waals surface area contributed by atoms with E-state index in [1.54, 1.807) is 12.1 Å². The van der Waals surface area contributed by atoms with Gasteiger partial charge in [0.2, 0.25) is 0 Å². The summed E-state index contributed by atoms with van der Waals surface area (Å²) in [6, 6.07) is 4.71. The van der Waals surface area contributed by atoms with Crippen LogP contribution in [0.3, 0.4) is 0 Å². The van der Waals surface area contributed by atoms with Crippen molar-refractivity contribution in [3.63, 3.8) is 0 Å². The monoisotopic (exact) mass is 256 g/mol. The number of benzene rings is 1. The normalized spacial score (nSPS) is 20.0. The Morgan fingerprint density at radius 2 is 2.00 bits per heavy atom. The highest BCUT2D eigenvalue weighted by atomic mass is 19.3. The highest BCUT2D eigenvalue weighted by Crippen LogP contribution is 2.45. The minimum absolute atomic E-state index is 0.0246. The number of alkyl halides is 2. The maximum absolute atomic E-state index is 14.5. The Labute approximate surface area is 106 Å². The van der Waals surface area contributed by atoms with Gasteiger partial charge in [0.15, 0.2) is 0 Å². The smallest absolute Gasteiger partial charge is 0.301 e. The second kappa shape index (κ2) is 4.28. The Balaban J connectivity index is 2.53. The average Bonchev–Trinajstić information content (AvgIpc) is 2.71. The third-order valence-corrected chi connectivity index (χ3v) is 3.84. The Hall–Kier alpha value is -1.00. The van der Waals surface area contributed by atoms with Crippen LogP contribution in [0.4, 0.5) is 8.78 Å². The fourth-order valence-corrected chi connectivity index (χ4v) is 2.38. The number of halogens is 2. The van der Waals surface area contributed by atoms with Crippen LogP contribution in [0.25, 0.3) is 0 Å². The number of aliphatic hydroxyl groups excluding tert-OH is 1. The molecule has 1 atom stereocenters. The Morgan fingerprint density at radius 3 is 2.61 bits per heavy atom. The van der Waals surface area contributed by atoms with E-state index >= 15 is 0 Å². The SMILES string of the molecule is COC(C)(C)C(F)(F)c1cccc2c1CC[C@@H]2O. The standard InChI is InChI=1S/C14H18F2O2/c1-13(2,18-3)14(15,16)11-6-4-5-10-9(11)7-8-12(10)17/h4-6,12,17H,7-8H2,1-3H3/t12-/m0/s1. The molecular weight excluding hydrogens is 238 g/mol. The molecule has 100 valence electrons. The molecule has 0 amide bonds. The van der Waals surface area contributed by atoms with Gasteiger partial charge in [0.05, 0.1) is 6.10 Å². The number of rotatable bonds is 3. The van der Waals surface area contributed by atoms with Gasteiger partial charge in [-0.25, -0.2) is 0 Å². The number of methoxy groups -OCH3 is 1. The van der Waals surface area contributed by atoms with Crippen LogP contribution < -0.4 is 0 Å². The molecule has 0 saturated heterocycles. The summed E-state index contributed by atoms with van der Waals surface area (Å²) in [6.07, 6.45) is 0.374. The van der Waals surface area contributed by atoms with Gasteiger partial charge in [-0.3, -0.25) is 0 Å². The predicted octanol–water partition coefficient (Wildman–Crippen LogP) is 3.18. The molecule has 4 heteroatoms. The summed E-state index contributed by atoms with van der Waals surface area (Å²) in [7, 11) is 1.28. The summed E-state index contributed by atoms with van der Waals surface area (Å²) in [5.41, 5.74) is -0.405. The highest BCUT2D eigenvalue weighted by molar-refractivity contribution is 5.43. The van der Waals surface area contributed by atoms with Gasteiger partial charge in [-0.15, -0.1) is 0 Å². The van der Waals surface area contributed by atoms with Crippen molar-refractivity contribution in [2.24, 2.45) is 0 Å². The molecule has 1 aromatic carbocycles. The molecule has 1 aromatic rings. The average molecular weight is 256 g/mol. The van der Waals surface area contributed by atoms with Crippen LogP contribution in [0.5, 0.6) is 0 Å². The molecule has 2 nitrogen and oxygen atoms in total. The minimum atomic E-state index is -3.09. The minimum Gasteiger partial charge on any atom is -0.388 e. The lowest BCUT2D eigenvalue weighted by Crippen LogP contribution is -2.42. The molecule has 18 heavy (non-hydrogen) atoms. The van der Waals surface area contributed by atoms with Crippen molar-refractivity contribution >= 4 is 0 Å². The van der Waals surface area contributed by atoms with E-state index in [1.807, 2.05) is 0 Å². The van der Waals surface area contributed by atoms with E-state index in [-0.39, 0.29) is 5.56 Å². The molecule has 2 rings (SSSR count). The van der Waals surface area contributed by atoms with Crippen LogP contribution in [-0.4, -0.2) is 17.8 Å². The van der Waals surface area contributed by atoms with Crippen molar-refractivity contribution in [1.82, 2.24) is 0 Å². The third-order valence-electron chi connectivity index (χ3n) is 3.84. The fraction of sp³-hybridized carbons (Fsp3) is 0.571. The first kappa shape index (κ1) is 13.4. The lowest BCUT2D eigenvalue weighted by molar-refractivity contribution is -0.185. The fourth-order valence-electron chi connectivity index (χ4n) is 2.38. The first-order valence-corrected chi connectivity index (χ1v) is 6.04. The van der Waals surface area contributed by atoms with E-state index in [2.05, 4.69) is 0 Å². The summed E-state index contributed by atoms with van der Waals surface area (Å²) < 4.78 is 34.0. The topological polar surface area (TPSA) is 29.5 Å². The van der Waals surface area contributed by atoms with Gasteiger partial charge in [0, 0.05) is 12.7 Å². The molecule has 1 aliphatic rings. The number of hydrogen-bond donors (Lipinski definition) is 1. The lowest BCUT2D eigenvalue weighted by Gasteiger charge is -2.34. The molecular formula is C14H18F2O2. The quantitative estimate of drug-likeness (QED) is 0.900. The molecule has 0 fully saturated rings. The molecule has 1 aliphatic carbocycles. The van der Waals surface area contributed by atoms with E-state index in [1.165, 1.54) is 27.0 Å². The summed E-state index contributed by atoms with van der Waals surface area (Å²) in [6.45, 7) is 2.75. The predicted molar refractivity (Wildman–Crippen MR) is 64.7 cm³/mol. The van der Waals surface area contributed by atoms with Gasteiger partial charge >= 0.3 is 5.92 Å². The van der Waals surface area contributed by atoms with Crippen molar-refractivity contribution in [3.8, 4) is 0 Å². The van der Waals surface area contributed by atoms with Crippen molar-refractivity contribution in [2.75, 3.05) is 7.11 Å². The van der Waals surface area contributed by atoms with Crippen molar-refractivity contribution in [3.05, 3.63) is 34.9 Å². The van der Waals surface area contributed by atoms with E-state index < -0.39 is 17.6 Å². The van der Waals surface area contributed by atoms with Crippen LogP contribution >= 0.6 is 0 Å². The van der Waals surface area contributed by atoms with Crippen LogP contribution in [0.15, 0.2) is 18.2 Å². The van der Waals surface area contributed by atoms with Crippen LogP contribution in [0.1, 0.15) is 43.1 Å². The van der Waals surface area contributed by atoms with E-state index in [0.29, 0.717) is 24.0 Å². The Bertz CT molecular complexity index is 455. The zero-order valence-corrected chi connectivity index (χ0v) is 10.8. The van der Waals surface area contributed by atoms with Gasteiger partial charge in [-0.2, -0.15) is 8.78 Å².